The molecule has 0 N–H and O–H groups in total. The zero-order valence-corrected chi connectivity index (χ0v) is 17.1. The Hall–Kier alpha value is -2.50. The highest BCUT2D eigenvalue weighted by molar-refractivity contribution is 5.76. The Bertz CT molecular complexity index is 1010. The number of benzene rings is 2. The maximum Gasteiger partial charge on any atom is 0.201 e. The number of hydrogen-bond donors (Lipinski definition) is 0. The van der Waals surface area contributed by atoms with Crippen molar-refractivity contribution in [3.8, 4) is 16.9 Å². The van der Waals surface area contributed by atoms with Gasteiger partial charge in [-0.15, -0.1) is 0 Å². The van der Waals surface area contributed by atoms with Crippen LogP contribution in [0.15, 0.2) is 24.0 Å². The number of ether oxygens (including phenoxy) is 2. The Morgan fingerprint density at radius 1 is 0.967 bits per heavy atom. The van der Waals surface area contributed by atoms with Gasteiger partial charge >= 0.3 is 0 Å². The highest BCUT2D eigenvalue weighted by Gasteiger charge is 2.32. The molecule has 1 heterocycles. The molecule has 1 atom stereocenters. The number of allylic oxidation sites excluding steroid dienone is 2. The van der Waals surface area contributed by atoms with Gasteiger partial charge in [0.2, 0.25) is 5.82 Å². The van der Waals surface area contributed by atoms with Crippen LogP contribution < -0.4 is 4.74 Å². The van der Waals surface area contributed by atoms with Crippen LogP contribution in [-0.4, -0.2) is 13.2 Å². The summed E-state index contributed by atoms with van der Waals surface area (Å²) in [6.07, 6.45) is 4.76. The van der Waals surface area contributed by atoms with Gasteiger partial charge in [0.05, 0.1) is 19.0 Å². The Kier molecular flexibility index (Phi) is 5.76. The minimum Gasteiger partial charge on any atom is -0.498 e. The SMILES string of the molecule is CCCCOc1cc2c(c(F)c1F)-c1c(cc(C3CC=C(C)OC3)c(F)c1F)CC2. The van der Waals surface area contributed by atoms with Crippen LogP contribution in [0.4, 0.5) is 17.6 Å². The molecule has 30 heavy (non-hydrogen) atoms. The van der Waals surface area contributed by atoms with Gasteiger partial charge in [-0.25, -0.2) is 13.2 Å². The van der Waals surface area contributed by atoms with Crippen LogP contribution in [0.25, 0.3) is 11.1 Å². The van der Waals surface area contributed by atoms with Crippen LogP contribution in [0.3, 0.4) is 0 Å². The fraction of sp³-hybridized carbons (Fsp3) is 0.417. The molecule has 2 aromatic carbocycles. The molecule has 0 radical (unpaired) electrons. The van der Waals surface area contributed by atoms with E-state index < -0.39 is 23.3 Å². The topological polar surface area (TPSA) is 18.5 Å². The lowest BCUT2D eigenvalue weighted by Gasteiger charge is -2.27. The van der Waals surface area contributed by atoms with Crippen LogP contribution in [0, 0.1) is 23.3 Å². The molecule has 160 valence electrons. The van der Waals surface area contributed by atoms with Crippen molar-refractivity contribution in [2.45, 2.75) is 51.9 Å². The van der Waals surface area contributed by atoms with Crippen molar-refractivity contribution in [1.82, 2.24) is 0 Å². The van der Waals surface area contributed by atoms with E-state index in [9.17, 15) is 13.2 Å². The van der Waals surface area contributed by atoms with E-state index in [1.807, 2.05) is 19.9 Å². The summed E-state index contributed by atoms with van der Waals surface area (Å²) in [6.45, 7) is 4.31. The molecule has 0 saturated heterocycles. The largest absolute Gasteiger partial charge is 0.498 e. The van der Waals surface area contributed by atoms with Crippen molar-refractivity contribution in [3.63, 3.8) is 0 Å². The highest BCUT2D eigenvalue weighted by atomic mass is 19.2. The Labute approximate surface area is 173 Å². The van der Waals surface area contributed by atoms with E-state index in [0.29, 0.717) is 36.8 Å². The molecule has 4 rings (SSSR count). The lowest BCUT2D eigenvalue weighted by molar-refractivity contribution is 0.175. The normalized spacial score (nSPS) is 17.7. The van der Waals surface area contributed by atoms with Gasteiger partial charge in [-0.3, -0.25) is 0 Å². The van der Waals surface area contributed by atoms with Gasteiger partial charge in [-0.2, -0.15) is 4.39 Å². The van der Waals surface area contributed by atoms with Crippen LogP contribution >= 0.6 is 0 Å². The van der Waals surface area contributed by atoms with Crippen molar-refractivity contribution in [2.24, 2.45) is 0 Å². The van der Waals surface area contributed by atoms with E-state index in [2.05, 4.69) is 0 Å². The molecule has 0 saturated carbocycles. The number of halogens is 4. The summed E-state index contributed by atoms with van der Waals surface area (Å²) in [5.74, 6) is -4.24. The second kappa shape index (κ2) is 8.32. The van der Waals surface area contributed by atoms with E-state index in [4.69, 9.17) is 9.47 Å². The van der Waals surface area contributed by atoms with Crippen molar-refractivity contribution in [2.75, 3.05) is 13.2 Å². The molecule has 2 aromatic rings. The quantitative estimate of drug-likeness (QED) is 0.401. The van der Waals surface area contributed by atoms with Gasteiger partial charge in [0.15, 0.2) is 23.2 Å². The van der Waals surface area contributed by atoms with E-state index >= 15 is 4.39 Å². The second-order valence-corrected chi connectivity index (χ2v) is 7.93. The first-order valence-electron chi connectivity index (χ1n) is 10.4. The summed E-state index contributed by atoms with van der Waals surface area (Å²) in [7, 11) is 0. The van der Waals surface area contributed by atoms with Crippen molar-refractivity contribution < 1.29 is 27.0 Å². The standard InChI is InChI=1S/C24H24F4O2/c1-3-4-9-29-18-11-15-8-7-14-10-17(16-6-5-13(2)30-12-16)21(25)23(27)19(14)20(15)24(28)22(18)26/h5,10-11,16H,3-4,6-9,12H2,1-2H3. The smallest absolute Gasteiger partial charge is 0.201 e. The maximum absolute atomic E-state index is 15.2. The van der Waals surface area contributed by atoms with Gasteiger partial charge in [-0.05, 0) is 61.4 Å². The first-order valence-corrected chi connectivity index (χ1v) is 10.4. The molecule has 2 aliphatic rings. The van der Waals surface area contributed by atoms with Crippen LogP contribution in [0.5, 0.6) is 5.75 Å². The molecule has 0 amide bonds. The van der Waals surface area contributed by atoms with E-state index in [0.717, 1.165) is 12.2 Å². The zero-order chi connectivity index (χ0) is 21.4. The third-order valence-corrected chi connectivity index (χ3v) is 5.88. The third kappa shape index (κ3) is 3.57. The molecule has 2 nitrogen and oxygen atoms in total. The minimum atomic E-state index is -1.19. The van der Waals surface area contributed by atoms with Gasteiger partial charge in [-0.1, -0.05) is 19.4 Å². The molecule has 0 bridgehead atoms. The summed E-state index contributed by atoms with van der Waals surface area (Å²) < 4.78 is 70.6. The number of aryl methyl sites for hydroxylation is 2. The molecule has 1 aliphatic heterocycles. The molecule has 6 heteroatoms. The van der Waals surface area contributed by atoms with Crippen LogP contribution in [0.1, 0.15) is 55.7 Å². The minimum absolute atomic E-state index is 0.179. The van der Waals surface area contributed by atoms with Gasteiger partial charge in [0, 0.05) is 17.0 Å². The molecule has 0 aromatic heterocycles. The van der Waals surface area contributed by atoms with Crippen molar-refractivity contribution >= 4 is 0 Å². The fourth-order valence-corrected chi connectivity index (χ4v) is 4.17. The average Bonchev–Trinajstić information content (AvgIpc) is 2.74. The Morgan fingerprint density at radius 2 is 1.63 bits per heavy atom. The Morgan fingerprint density at radius 3 is 2.27 bits per heavy atom. The average molecular weight is 420 g/mol. The third-order valence-electron chi connectivity index (χ3n) is 5.88. The first kappa shape index (κ1) is 20.8. The molecular weight excluding hydrogens is 396 g/mol. The van der Waals surface area contributed by atoms with Crippen molar-refractivity contribution in [1.29, 1.82) is 0 Å². The summed E-state index contributed by atoms with van der Waals surface area (Å²) in [5, 5.41) is 0. The zero-order valence-electron chi connectivity index (χ0n) is 17.1. The lowest BCUT2D eigenvalue weighted by Crippen LogP contribution is -2.17. The van der Waals surface area contributed by atoms with E-state index in [1.165, 1.54) is 6.07 Å². The monoisotopic (exact) mass is 420 g/mol. The van der Waals surface area contributed by atoms with E-state index in [1.54, 1.807) is 6.07 Å². The molecule has 0 fully saturated rings. The van der Waals surface area contributed by atoms with E-state index in [-0.39, 0.29) is 41.6 Å². The number of hydrogen-bond acceptors (Lipinski definition) is 2. The maximum atomic E-state index is 15.2. The second-order valence-electron chi connectivity index (χ2n) is 7.93. The summed E-state index contributed by atoms with van der Waals surface area (Å²) in [6, 6.07) is 3.00. The fourth-order valence-electron chi connectivity index (χ4n) is 4.17. The molecule has 0 spiro atoms. The van der Waals surface area contributed by atoms with Crippen LogP contribution in [-0.2, 0) is 17.6 Å². The lowest BCUT2D eigenvalue weighted by atomic mass is 9.81. The van der Waals surface area contributed by atoms with Gasteiger partial charge in [0.1, 0.15) is 0 Å². The summed E-state index contributed by atoms with van der Waals surface area (Å²) in [5.41, 5.74) is 0.755. The Balaban J connectivity index is 1.77. The number of fused-ring (bicyclic) bond motifs is 3. The first-order chi connectivity index (χ1) is 14.4. The number of unbranched alkanes of at least 4 members (excludes halogenated alkanes) is 1. The summed E-state index contributed by atoms with van der Waals surface area (Å²) in [4.78, 5) is 0. The predicted octanol–water partition coefficient (Wildman–Crippen LogP) is 6.60. The summed E-state index contributed by atoms with van der Waals surface area (Å²) >= 11 is 0. The van der Waals surface area contributed by atoms with Gasteiger partial charge in [0.25, 0.3) is 0 Å². The highest BCUT2D eigenvalue weighted by Crippen LogP contribution is 2.43. The van der Waals surface area contributed by atoms with Crippen molar-refractivity contribution in [3.05, 3.63) is 63.9 Å². The molecule has 1 aliphatic carbocycles. The van der Waals surface area contributed by atoms with Crippen LogP contribution in [0.2, 0.25) is 0 Å². The molecule has 1 unspecified atom stereocenters. The number of rotatable bonds is 5. The predicted molar refractivity (Wildman–Crippen MR) is 107 cm³/mol. The van der Waals surface area contributed by atoms with Gasteiger partial charge < -0.3 is 9.47 Å². The molecular formula is C24H24F4O2.